The molecular formula is C26H30O. The fourth-order valence-corrected chi connectivity index (χ4v) is 5.12. The molecule has 0 saturated heterocycles. The third-order valence-electron chi connectivity index (χ3n) is 6.25. The van der Waals surface area contributed by atoms with E-state index in [1.54, 1.807) is 0 Å². The average Bonchev–Trinajstić information content (AvgIpc) is 3.10. The summed E-state index contributed by atoms with van der Waals surface area (Å²) < 4.78 is 6.59. The molecule has 0 aliphatic rings. The third kappa shape index (κ3) is 2.51. The highest BCUT2D eigenvalue weighted by atomic mass is 16.3. The van der Waals surface area contributed by atoms with Gasteiger partial charge in [0, 0.05) is 16.2 Å². The topological polar surface area (TPSA) is 13.1 Å². The number of hydrogen-bond acceptors (Lipinski definition) is 1. The van der Waals surface area contributed by atoms with E-state index in [0.717, 1.165) is 43.3 Å². The van der Waals surface area contributed by atoms with Gasteiger partial charge in [-0.15, -0.1) is 0 Å². The van der Waals surface area contributed by atoms with Gasteiger partial charge in [-0.05, 0) is 71.4 Å². The number of fused-ring (bicyclic) bond motifs is 5. The predicted octanol–water partition coefficient (Wildman–Crippen LogP) is 7.55. The first-order chi connectivity index (χ1) is 13.2. The fraction of sp³-hybridized carbons (Fsp3) is 0.385. The average molecular weight is 359 g/mol. The van der Waals surface area contributed by atoms with Crippen molar-refractivity contribution in [3.05, 3.63) is 58.1 Å². The van der Waals surface area contributed by atoms with Crippen molar-refractivity contribution < 1.29 is 4.42 Å². The van der Waals surface area contributed by atoms with Crippen LogP contribution >= 0.6 is 0 Å². The summed E-state index contributed by atoms with van der Waals surface area (Å²) >= 11 is 0. The molecule has 0 spiro atoms. The minimum atomic E-state index is 1.04. The molecule has 0 N–H and O–H groups in total. The zero-order valence-corrected chi connectivity index (χ0v) is 17.3. The van der Waals surface area contributed by atoms with Crippen LogP contribution in [0.5, 0.6) is 0 Å². The molecule has 0 fully saturated rings. The van der Waals surface area contributed by atoms with Gasteiger partial charge in [0.15, 0.2) is 0 Å². The van der Waals surface area contributed by atoms with Gasteiger partial charge in [0.2, 0.25) is 0 Å². The molecule has 1 nitrogen and oxygen atoms in total. The van der Waals surface area contributed by atoms with E-state index < -0.39 is 0 Å². The maximum atomic E-state index is 6.59. The summed E-state index contributed by atoms with van der Waals surface area (Å²) in [5.74, 6) is 0. The monoisotopic (exact) mass is 358 g/mol. The molecule has 0 aliphatic carbocycles. The van der Waals surface area contributed by atoms with Crippen molar-refractivity contribution >= 4 is 32.7 Å². The van der Waals surface area contributed by atoms with Gasteiger partial charge in [-0.25, -0.2) is 0 Å². The van der Waals surface area contributed by atoms with E-state index in [-0.39, 0.29) is 0 Å². The second kappa shape index (κ2) is 7.03. The van der Waals surface area contributed by atoms with E-state index in [1.165, 1.54) is 49.4 Å². The lowest BCUT2D eigenvalue weighted by atomic mass is 9.87. The maximum absolute atomic E-state index is 6.59. The molecule has 140 valence electrons. The molecule has 1 aromatic heterocycles. The Labute approximate surface area is 162 Å². The van der Waals surface area contributed by atoms with Crippen molar-refractivity contribution in [2.24, 2.45) is 0 Å². The van der Waals surface area contributed by atoms with E-state index in [9.17, 15) is 0 Å². The first-order valence-corrected chi connectivity index (χ1v) is 10.6. The van der Waals surface area contributed by atoms with Crippen molar-refractivity contribution in [2.75, 3.05) is 0 Å². The Morgan fingerprint density at radius 1 is 0.630 bits per heavy atom. The van der Waals surface area contributed by atoms with Gasteiger partial charge in [0.1, 0.15) is 11.2 Å². The van der Waals surface area contributed by atoms with E-state index in [4.69, 9.17) is 4.42 Å². The number of hydrogen-bond donors (Lipinski definition) is 0. The number of rotatable bonds is 5. The van der Waals surface area contributed by atoms with Gasteiger partial charge < -0.3 is 4.42 Å². The Balaban J connectivity index is 2.33. The van der Waals surface area contributed by atoms with Gasteiger partial charge in [0.25, 0.3) is 0 Å². The highest BCUT2D eigenvalue weighted by Gasteiger charge is 2.22. The summed E-state index contributed by atoms with van der Waals surface area (Å²) in [6.45, 7) is 11.4. The lowest BCUT2D eigenvalue weighted by molar-refractivity contribution is 0.671. The van der Waals surface area contributed by atoms with Gasteiger partial charge in [-0.1, -0.05) is 58.9 Å². The Morgan fingerprint density at radius 2 is 1.22 bits per heavy atom. The molecular weight excluding hydrogens is 328 g/mol. The highest BCUT2D eigenvalue weighted by Crippen LogP contribution is 2.42. The zero-order valence-electron chi connectivity index (χ0n) is 17.3. The fourth-order valence-electron chi connectivity index (χ4n) is 5.12. The number of benzene rings is 3. The van der Waals surface area contributed by atoms with Crippen molar-refractivity contribution in [1.29, 1.82) is 0 Å². The third-order valence-corrected chi connectivity index (χ3v) is 6.25. The number of aryl methyl sites for hydroxylation is 4. The molecule has 27 heavy (non-hydrogen) atoms. The van der Waals surface area contributed by atoms with Crippen molar-refractivity contribution in [1.82, 2.24) is 0 Å². The standard InChI is InChI=1S/C26H30O/c1-6-16-15-23-24(19(9-4)17(16)7-2)25-20(10-5)18(8-3)21-13-11-12-14-22(21)26(25)27-23/h11-15H,6-10H2,1-5H3. The molecule has 1 heteroatoms. The van der Waals surface area contributed by atoms with Gasteiger partial charge in [0.05, 0.1) is 0 Å². The summed E-state index contributed by atoms with van der Waals surface area (Å²) in [6, 6.07) is 11.1. The first-order valence-electron chi connectivity index (χ1n) is 10.6. The second-order valence-electron chi connectivity index (χ2n) is 7.44. The maximum Gasteiger partial charge on any atom is 0.143 e. The zero-order chi connectivity index (χ0) is 19.1. The quantitative estimate of drug-likeness (QED) is 0.359. The molecule has 4 rings (SSSR count). The van der Waals surface area contributed by atoms with E-state index in [1.807, 2.05) is 0 Å². The Bertz CT molecular complexity index is 1140. The summed E-state index contributed by atoms with van der Waals surface area (Å²) in [5.41, 5.74) is 9.60. The van der Waals surface area contributed by atoms with Crippen LogP contribution in [0, 0.1) is 0 Å². The summed E-state index contributed by atoms with van der Waals surface area (Å²) in [6.07, 6.45) is 5.30. The van der Waals surface area contributed by atoms with E-state index >= 15 is 0 Å². The SMILES string of the molecule is CCc1cc2oc3c4ccccc4c(CC)c(CC)c3c2c(CC)c1CC. The molecule has 3 aromatic carbocycles. The molecule has 0 bridgehead atoms. The lowest BCUT2D eigenvalue weighted by Gasteiger charge is -2.15. The normalized spacial score (nSPS) is 11.9. The van der Waals surface area contributed by atoms with Gasteiger partial charge in [-0.3, -0.25) is 0 Å². The van der Waals surface area contributed by atoms with Crippen LogP contribution in [0.1, 0.15) is 62.4 Å². The van der Waals surface area contributed by atoms with Gasteiger partial charge in [-0.2, -0.15) is 0 Å². The largest absolute Gasteiger partial charge is 0.455 e. The molecule has 0 aliphatic heterocycles. The van der Waals surface area contributed by atoms with Crippen molar-refractivity contribution in [2.45, 2.75) is 66.7 Å². The second-order valence-corrected chi connectivity index (χ2v) is 7.44. The molecule has 4 aromatic rings. The summed E-state index contributed by atoms with van der Waals surface area (Å²) in [5, 5.41) is 5.36. The molecule has 0 radical (unpaired) electrons. The summed E-state index contributed by atoms with van der Waals surface area (Å²) in [4.78, 5) is 0. The molecule has 0 unspecified atom stereocenters. The Morgan fingerprint density at radius 3 is 1.81 bits per heavy atom. The van der Waals surface area contributed by atoms with Crippen LogP contribution < -0.4 is 0 Å². The van der Waals surface area contributed by atoms with Crippen molar-refractivity contribution in [3.8, 4) is 0 Å². The minimum absolute atomic E-state index is 1.04. The molecule has 0 saturated carbocycles. The van der Waals surface area contributed by atoms with Crippen molar-refractivity contribution in [3.63, 3.8) is 0 Å². The van der Waals surface area contributed by atoms with E-state index in [0.29, 0.717) is 0 Å². The van der Waals surface area contributed by atoms with Crippen LogP contribution in [-0.2, 0) is 32.1 Å². The molecule has 0 amide bonds. The first kappa shape index (κ1) is 18.1. The minimum Gasteiger partial charge on any atom is -0.455 e. The van der Waals surface area contributed by atoms with Crippen LogP contribution in [0.15, 0.2) is 34.7 Å². The van der Waals surface area contributed by atoms with Crippen LogP contribution in [0.2, 0.25) is 0 Å². The van der Waals surface area contributed by atoms with Crippen LogP contribution in [0.3, 0.4) is 0 Å². The van der Waals surface area contributed by atoms with Crippen LogP contribution in [-0.4, -0.2) is 0 Å². The molecule has 0 atom stereocenters. The number of furan rings is 1. The van der Waals surface area contributed by atoms with E-state index in [2.05, 4.69) is 65.0 Å². The van der Waals surface area contributed by atoms with Crippen LogP contribution in [0.4, 0.5) is 0 Å². The van der Waals surface area contributed by atoms with Crippen LogP contribution in [0.25, 0.3) is 32.7 Å². The smallest absolute Gasteiger partial charge is 0.143 e. The Kier molecular flexibility index (Phi) is 4.72. The predicted molar refractivity (Wildman–Crippen MR) is 118 cm³/mol. The highest BCUT2D eigenvalue weighted by molar-refractivity contribution is 6.19. The Hall–Kier alpha value is -2.28. The summed E-state index contributed by atoms with van der Waals surface area (Å²) in [7, 11) is 0. The molecule has 1 heterocycles. The lowest BCUT2D eigenvalue weighted by Crippen LogP contribution is -2.00. The van der Waals surface area contributed by atoms with Gasteiger partial charge >= 0.3 is 0 Å².